The molecule has 0 amide bonds. The maximum Gasteiger partial charge on any atom is 0.323 e. The first-order valence-electron chi connectivity index (χ1n) is 6.24. The highest BCUT2D eigenvalue weighted by Gasteiger charge is 2.35. The Labute approximate surface area is 100 Å². The molecule has 2 aliphatic heterocycles. The lowest BCUT2D eigenvalue weighted by atomic mass is 9.93. The van der Waals surface area contributed by atoms with Crippen LogP contribution >= 0.6 is 0 Å². The van der Waals surface area contributed by atoms with E-state index in [-0.39, 0.29) is 12.0 Å². The second kappa shape index (κ2) is 4.49. The van der Waals surface area contributed by atoms with Crippen molar-refractivity contribution >= 4 is 5.97 Å². The fourth-order valence-electron chi connectivity index (χ4n) is 2.85. The molecule has 0 aromatic carbocycles. The minimum atomic E-state index is -0.0461. The molecule has 0 aliphatic carbocycles. The quantitative estimate of drug-likeness (QED) is 0.774. The topological polar surface area (TPSA) is 58.2 Å². The van der Waals surface area contributed by atoms with Crippen molar-refractivity contribution in [2.24, 2.45) is 0 Å². The van der Waals surface area contributed by atoms with E-state index in [9.17, 15) is 4.79 Å². The molecule has 1 N–H and O–H groups in total. The Kier molecular flexibility index (Phi) is 2.84. The van der Waals surface area contributed by atoms with Crippen LogP contribution in [0.5, 0.6) is 0 Å². The summed E-state index contributed by atoms with van der Waals surface area (Å²) in [6.07, 6.45) is 4.93. The van der Waals surface area contributed by atoms with Crippen LogP contribution in [0.1, 0.15) is 30.9 Å². The average Bonchev–Trinajstić information content (AvgIpc) is 2.99. The number of rotatable bonds is 2. The molecule has 0 radical (unpaired) electrons. The molecule has 2 saturated heterocycles. The molecule has 0 bridgehead atoms. The van der Waals surface area contributed by atoms with E-state index in [1.54, 1.807) is 6.20 Å². The number of nitrogens with one attached hydrogen (secondary N) is 1. The largest absolute Gasteiger partial charge is 0.464 e. The van der Waals surface area contributed by atoms with Gasteiger partial charge in [-0.1, -0.05) is 0 Å². The van der Waals surface area contributed by atoms with E-state index in [2.05, 4.69) is 15.1 Å². The van der Waals surface area contributed by atoms with Gasteiger partial charge in [0, 0.05) is 30.8 Å². The first-order chi connectivity index (χ1) is 8.34. The highest BCUT2D eigenvalue weighted by molar-refractivity contribution is 5.77. The minimum absolute atomic E-state index is 0.0132. The van der Waals surface area contributed by atoms with E-state index in [0.29, 0.717) is 12.5 Å². The van der Waals surface area contributed by atoms with Gasteiger partial charge in [0.1, 0.15) is 6.04 Å². The van der Waals surface area contributed by atoms with Gasteiger partial charge in [-0.2, -0.15) is 5.10 Å². The Morgan fingerprint density at radius 1 is 1.47 bits per heavy atom. The third-order valence-electron chi connectivity index (χ3n) is 3.76. The first-order valence-corrected chi connectivity index (χ1v) is 6.24. The maximum absolute atomic E-state index is 11.6. The third-order valence-corrected chi connectivity index (χ3v) is 3.76. The van der Waals surface area contributed by atoms with Crippen LogP contribution in [0.3, 0.4) is 0 Å². The summed E-state index contributed by atoms with van der Waals surface area (Å²) in [5, 5.41) is 7.04. The molecule has 17 heavy (non-hydrogen) atoms. The van der Waals surface area contributed by atoms with Gasteiger partial charge in [-0.15, -0.1) is 0 Å². The molecule has 2 fully saturated rings. The number of aromatic nitrogens is 2. The zero-order valence-electron chi connectivity index (χ0n) is 9.76. The lowest BCUT2D eigenvalue weighted by molar-refractivity contribution is -0.142. The van der Waals surface area contributed by atoms with Gasteiger partial charge in [-0.25, -0.2) is 0 Å². The van der Waals surface area contributed by atoms with Crippen molar-refractivity contribution in [1.29, 1.82) is 0 Å². The molecule has 2 aliphatic rings. The number of cyclic esters (lactones) is 1. The summed E-state index contributed by atoms with van der Waals surface area (Å²) < 4.78 is 5.04. The number of ether oxygens (including phenoxy) is 1. The summed E-state index contributed by atoms with van der Waals surface area (Å²) in [6.45, 7) is 2.51. The molecule has 1 aromatic heterocycles. The molecule has 2 unspecified atom stereocenters. The zero-order valence-corrected chi connectivity index (χ0v) is 9.76. The van der Waals surface area contributed by atoms with Crippen LogP contribution < -0.4 is 0 Å². The normalized spacial score (nSPS) is 30.5. The fourth-order valence-corrected chi connectivity index (χ4v) is 2.85. The van der Waals surface area contributed by atoms with Crippen LogP contribution in [0.15, 0.2) is 12.3 Å². The van der Waals surface area contributed by atoms with Gasteiger partial charge in [-0.3, -0.25) is 14.8 Å². The van der Waals surface area contributed by atoms with Crippen LogP contribution in [0.25, 0.3) is 0 Å². The number of piperidine rings is 1. The SMILES string of the molecule is O=C1OCCC1N1CCCC(c2ccn[nH]2)C1. The molecular formula is C12H17N3O2. The number of H-pyrrole nitrogens is 1. The number of hydrogen-bond donors (Lipinski definition) is 1. The van der Waals surface area contributed by atoms with Crippen molar-refractivity contribution in [2.45, 2.75) is 31.2 Å². The van der Waals surface area contributed by atoms with Gasteiger partial charge in [0.05, 0.1) is 6.61 Å². The first kappa shape index (κ1) is 10.8. The Bertz CT molecular complexity index is 390. The van der Waals surface area contributed by atoms with Gasteiger partial charge in [0.25, 0.3) is 0 Å². The summed E-state index contributed by atoms with van der Waals surface area (Å²) in [6, 6.07) is 2.02. The van der Waals surface area contributed by atoms with Crippen LogP contribution in [0, 0.1) is 0 Å². The summed E-state index contributed by atoms with van der Waals surface area (Å²) in [4.78, 5) is 13.9. The van der Waals surface area contributed by atoms with Crippen LogP contribution in [0.2, 0.25) is 0 Å². The van der Waals surface area contributed by atoms with Crippen LogP contribution in [-0.2, 0) is 9.53 Å². The number of nitrogens with zero attached hydrogens (tertiary/aromatic N) is 2. The second-order valence-corrected chi connectivity index (χ2v) is 4.82. The van der Waals surface area contributed by atoms with E-state index in [4.69, 9.17) is 4.74 Å². The highest BCUT2D eigenvalue weighted by Crippen LogP contribution is 2.28. The van der Waals surface area contributed by atoms with E-state index in [1.165, 1.54) is 12.1 Å². The predicted molar refractivity (Wildman–Crippen MR) is 61.5 cm³/mol. The smallest absolute Gasteiger partial charge is 0.323 e. The van der Waals surface area contributed by atoms with Crippen LogP contribution in [-0.4, -0.2) is 46.8 Å². The van der Waals surface area contributed by atoms with Gasteiger partial charge in [0.15, 0.2) is 0 Å². The van der Waals surface area contributed by atoms with E-state index in [1.807, 2.05) is 6.07 Å². The molecule has 3 heterocycles. The minimum Gasteiger partial charge on any atom is -0.464 e. The number of aromatic amines is 1. The fraction of sp³-hybridized carbons (Fsp3) is 0.667. The lowest BCUT2D eigenvalue weighted by Gasteiger charge is -2.34. The average molecular weight is 235 g/mol. The van der Waals surface area contributed by atoms with Crippen molar-refractivity contribution in [3.8, 4) is 0 Å². The summed E-state index contributed by atoms with van der Waals surface area (Å²) in [5.74, 6) is 0.426. The Balaban J connectivity index is 1.69. The predicted octanol–water partition coefficient (Wildman–Crippen LogP) is 0.905. The van der Waals surface area contributed by atoms with Gasteiger partial charge in [0.2, 0.25) is 0 Å². The number of likely N-dealkylation sites (tertiary alicyclic amines) is 1. The van der Waals surface area contributed by atoms with Crippen molar-refractivity contribution < 1.29 is 9.53 Å². The molecule has 5 heteroatoms. The lowest BCUT2D eigenvalue weighted by Crippen LogP contribution is -2.44. The van der Waals surface area contributed by atoms with Crippen LogP contribution in [0.4, 0.5) is 0 Å². The molecule has 1 aromatic rings. The monoisotopic (exact) mass is 235 g/mol. The zero-order chi connectivity index (χ0) is 11.7. The molecule has 92 valence electrons. The standard InChI is InChI=1S/C12H17N3O2/c16-12-11(4-7-17-12)15-6-1-2-9(8-15)10-3-5-13-14-10/h3,5,9,11H,1-2,4,6-8H2,(H,13,14). The van der Waals surface area contributed by atoms with E-state index >= 15 is 0 Å². The number of carbonyl (C=O) groups excluding carboxylic acids is 1. The highest BCUT2D eigenvalue weighted by atomic mass is 16.5. The Hall–Kier alpha value is -1.36. The molecular weight excluding hydrogens is 218 g/mol. The number of esters is 1. The molecule has 2 atom stereocenters. The molecule has 3 rings (SSSR count). The summed E-state index contributed by atoms with van der Waals surface area (Å²) >= 11 is 0. The third kappa shape index (κ3) is 2.07. The van der Waals surface area contributed by atoms with Crippen molar-refractivity contribution in [2.75, 3.05) is 19.7 Å². The van der Waals surface area contributed by atoms with Crippen molar-refractivity contribution in [3.05, 3.63) is 18.0 Å². The summed E-state index contributed by atoms with van der Waals surface area (Å²) in [5.41, 5.74) is 1.18. The van der Waals surface area contributed by atoms with E-state index < -0.39 is 0 Å². The van der Waals surface area contributed by atoms with Gasteiger partial charge >= 0.3 is 5.97 Å². The molecule has 0 spiro atoms. The molecule has 0 saturated carbocycles. The van der Waals surface area contributed by atoms with Crippen molar-refractivity contribution in [3.63, 3.8) is 0 Å². The van der Waals surface area contributed by atoms with Gasteiger partial charge in [-0.05, 0) is 25.5 Å². The van der Waals surface area contributed by atoms with E-state index in [0.717, 1.165) is 25.9 Å². The summed E-state index contributed by atoms with van der Waals surface area (Å²) in [7, 11) is 0. The Morgan fingerprint density at radius 3 is 3.12 bits per heavy atom. The number of carbonyl (C=O) groups is 1. The van der Waals surface area contributed by atoms with Crippen molar-refractivity contribution in [1.82, 2.24) is 15.1 Å². The number of hydrogen-bond acceptors (Lipinski definition) is 4. The molecule has 5 nitrogen and oxygen atoms in total. The Morgan fingerprint density at radius 2 is 2.41 bits per heavy atom. The maximum atomic E-state index is 11.6. The van der Waals surface area contributed by atoms with Gasteiger partial charge < -0.3 is 4.74 Å². The second-order valence-electron chi connectivity index (χ2n) is 4.82.